The Morgan fingerprint density at radius 3 is 2.06 bits per heavy atom. The molecule has 3 aromatic carbocycles. The van der Waals surface area contributed by atoms with Gasteiger partial charge in [-0.15, -0.1) is 0 Å². The van der Waals surface area contributed by atoms with E-state index in [9.17, 15) is 28.6 Å². The van der Waals surface area contributed by atoms with Crippen molar-refractivity contribution in [2.75, 3.05) is 0 Å². The van der Waals surface area contributed by atoms with E-state index in [1.165, 1.54) is 12.1 Å². The number of esters is 1. The van der Waals surface area contributed by atoms with E-state index in [4.69, 9.17) is 15.2 Å². The van der Waals surface area contributed by atoms with Crippen LogP contribution in [0.2, 0.25) is 0 Å². The molecule has 0 saturated heterocycles. The highest BCUT2D eigenvalue weighted by atomic mass is 127. The van der Waals surface area contributed by atoms with Gasteiger partial charge in [-0.3, -0.25) is 4.79 Å². The zero-order valence-corrected chi connectivity index (χ0v) is 18.0. The highest BCUT2D eigenvalue weighted by molar-refractivity contribution is 14.1. The Kier molecular flexibility index (Phi) is 4.35. The van der Waals surface area contributed by atoms with Gasteiger partial charge in [-0.05, 0) is 23.8 Å². The Bertz CT molecular complexity index is 1300. The maximum Gasteiger partial charge on any atom is 0.340 e. The van der Waals surface area contributed by atoms with E-state index in [1.54, 1.807) is 6.07 Å². The molecule has 0 fully saturated rings. The number of carbonyl (C=O) groups excluding carboxylic acids is 2. The van der Waals surface area contributed by atoms with E-state index in [1.807, 2.05) is 22.6 Å². The van der Waals surface area contributed by atoms with E-state index in [-0.39, 0.29) is 33.8 Å². The number of amides is 1. The Hall–Kier alpha value is -3.41. The van der Waals surface area contributed by atoms with Crippen molar-refractivity contribution in [1.82, 2.24) is 0 Å². The van der Waals surface area contributed by atoms with Crippen LogP contribution in [-0.4, -0.2) is 22.1 Å². The summed E-state index contributed by atoms with van der Waals surface area (Å²) < 4.78 is 39.5. The van der Waals surface area contributed by atoms with E-state index >= 15 is 0 Å². The number of aromatic hydroxyl groups is 2. The van der Waals surface area contributed by atoms with Crippen LogP contribution in [0.3, 0.4) is 0 Å². The number of rotatable bonds is 2. The number of fused-ring (bicyclic) bond motifs is 6. The molecule has 2 heterocycles. The predicted molar refractivity (Wildman–Crippen MR) is 114 cm³/mol. The molecule has 5 rings (SSSR count). The molecule has 0 saturated carbocycles. The smallest absolute Gasteiger partial charge is 0.340 e. The van der Waals surface area contributed by atoms with Crippen molar-refractivity contribution in [2.45, 2.75) is 9.53 Å². The number of nitrogens with two attached hydrogens (primary N) is 1. The number of hydrogen-bond donors (Lipinski definition) is 3. The summed E-state index contributed by atoms with van der Waals surface area (Å²) in [4.78, 5) is 24.5. The molecule has 2 aliphatic heterocycles. The lowest BCUT2D eigenvalue weighted by Crippen LogP contribution is -2.33. The standard InChI is InChI=1S/C22H12F2INO6/c23-13-4-11-17(6-15(13)27)31-18-7-16(28)14(24)5-12(18)22(11)10-2-1-8(19(25)20(26)29)3-9(10)21(30)32-22/h1-7,19,27-28H,(H2,26,29). The van der Waals surface area contributed by atoms with Crippen molar-refractivity contribution >= 4 is 34.5 Å². The van der Waals surface area contributed by atoms with Gasteiger partial charge in [0.25, 0.3) is 0 Å². The molecule has 0 radical (unpaired) electrons. The third-order valence-electron chi connectivity index (χ3n) is 5.51. The summed E-state index contributed by atoms with van der Waals surface area (Å²) in [7, 11) is 0. The number of ether oxygens (including phenoxy) is 2. The number of hydrogen-bond acceptors (Lipinski definition) is 6. The number of halogens is 3. The summed E-state index contributed by atoms with van der Waals surface area (Å²) in [6.07, 6.45) is 0. The summed E-state index contributed by atoms with van der Waals surface area (Å²) in [5, 5.41) is 19.7. The zero-order valence-electron chi connectivity index (χ0n) is 15.9. The molecule has 1 unspecified atom stereocenters. The molecule has 32 heavy (non-hydrogen) atoms. The SMILES string of the molecule is NC(=O)C(I)c1ccc2c(c1)C(=O)OC21c2cc(F)c(O)cc2Oc2cc(O)c(F)cc21. The normalized spacial score (nSPS) is 15.9. The Labute approximate surface area is 192 Å². The second-order valence-electron chi connectivity index (χ2n) is 7.34. The molecule has 7 nitrogen and oxygen atoms in total. The number of phenolic OH excluding ortho intramolecular Hbond substituents is 2. The molecular formula is C22H12F2INO6. The molecule has 0 bridgehead atoms. The average molecular weight is 551 g/mol. The molecule has 1 spiro atoms. The van der Waals surface area contributed by atoms with Crippen molar-refractivity contribution in [1.29, 1.82) is 0 Å². The van der Waals surface area contributed by atoms with E-state index in [0.29, 0.717) is 5.56 Å². The van der Waals surface area contributed by atoms with Crippen molar-refractivity contribution in [3.05, 3.63) is 81.9 Å². The van der Waals surface area contributed by atoms with Crippen LogP contribution in [-0.2, 0) is 15.1 Å². The largest absolute Gasteiger partial charge is 0.505 e. The van der Waals surface area contributed by atoms with E-state index in [2.05, 4.69) is 0 Å². The number of carbonyl (C=O) groups is 2. The fourth-order valence-electron chi connectivity index (χ4n) is 4.08. The Morgan fingerprint density at radius 1 is 0.969 bits per heavy atom. The van der Waals surface area contributed by atoms with Gasteiger partial charge in [-0.25, -0.2) is 13.6 Å². The molecule has 1 amide bonds. The molecule has 162 valence electrons. The number of benzene rings is 3. The summed E-state index contributed by atoms with van der Waals surface area (Å²) >= 11 is 1.83. The summed E-state index contributed by atoms with van der Waals surface area (Å²) in [5.41, 5.74) is 4.36. The third-order valence-corrected chi connectivity index (χ3v) is 6.84. The minimum Gasteiger partial charge on any atom is -0.505 e. The summed E-state index contributed by atoms with van der Waals surface area (Å²) in [5.74, 6) is -4.91. The highest BCUT2D eigenvalue weighted by Crippen LogP contribution is 2.57. The molecule has 10 heteroatoms. The molecule has 4 N–H and O–H groups in total. The van der Waals surface area contributed by atoms with Crippen LogP contribution in [0.5, 0.6) is 23.0 Å². The van der Waals surface area contributed by atoms with Gasteiger partial charge in [0.1, 0.15) is 15.4 Å². The highest BCUT2D eigenvalue weighted by Gasteiger charge is 2.54. The molecule has 1 atom stereocenters. The number of alkyl halides is 1. The van der Waals surface area contributed by atoms with Gasteiger partial charge in [-0.1, -0.05) is 34.7 Å². The Morgan fingerprint density at radius 2 is 1.53 bits per heavy atom. The maximum atomic E-state index is 14.4. The molecule has 3 aromatic rings. The van der Waals surface area contributed by atoms with Crippen LogP contribution >= 0.6 is 22.6 Å². The fourth-order valence-corrected chi connectivity index (χ4v) is 4.46. The first-order chi connectivity index (χ1) is 15.1. The van der Waals surface area contributed by atoms with Gasteiger partial charge in [-0.2, -0.15) is 0 Å². The van der Waals surface area contributed by atoms with Gasteiger partial charge >= 0.3 is 5.97 Å². The van der Waals surface area contributed by atoms with Gasteiger partial charge in [0.2, 0.25) is 5.91 Å². The molecule has 2 aliphatic rings. The van der Waals surface area contributed by atoms with Gasteiger partial charge in [0, 0.05) is 17.7 Å². The lowest BCUT2D eigenvalue weighted by Gasteiger charge is -2.36. The summed E-state index contributed by atoms with van der Waals surface area (Å²) in [6.45, 7) is 0. The van der Waals surface area contributed by atoms with Gasteiger partial charge < -0.3 is 25.4 Å². The quantitative estimate of drug-likeness (QED) is 0.253. The maximum absolute atomic E-state index is 14.4. The van der Waals surface area contributed by atoms with Crippen LogP contribution < -0.4 is 10.5 Å². The fraction of sp³-hybridized carbons (Fsp3) is 0.0909. The van der Waals surface area contributed by atoms with Gasteiger partial charge in [0.15, 0.2) is 28.7 Å². The third kappa shape index (κ3) is 2.68. The van der Waals surface area contributed by atoms with Crippen molar-refractivity contribution in [3.63, 3.8) is 0 Å². The Balaban J connectivity index is 1.84. The first-order valence-corrected chi connectivity index (χ1v) is 10.4. The topological polar surface area (TPSA) is 119 Å². The van der Waals surface area contributed by atoms with Crippen LogP contribution in [0.15, 0.2) is 42.5 Å². The predicted octanol–water partition coefficient (Wildman–Crippen LogP) is 3.91. The van der Waals surface area contributed by atoms with Crippen molar-refractivity contribution in [2.24, 2.45) is 5.73 Å². The van der Waals surface area contributed by atoms with Crippen LogP contribution in [0.4, 0.5) is 8.78 Å². The number of primary amides is 1. The number of phenols is 2. The lowest BCUT2D eigenvalue weighted by atomic mass is 9.77. The van der Waals surface area contributed by atoms with E-state index in [0.717, 1.165) is 24.3 Å². The van der Waals surface area contributed by atoms with Crippen LogP contribution in [0.25, 0.3) is 0 Å². The molecule has 0 aromatic heterocycles. The van der Waals surface area contributed by atoms with E-state index < -0.39 is 44.5 Å². The van der Waals surface area contributed by atoms with Crippen LogP contribution in [0.1, 0.15) is 36.5 Å². The minimum absolute atomic E-state index is 0.0196. The lowest BCUT2D eigenvalue weighted by molar-refractivity contribution is -0.117. The summed E-state index contributed by atoms with van der Waals surface area (Å²) in [6, 6.07) is 8.41. The monoisotopic (exact) mass is 551 g/mol. The minimum atomic E-state index is -1.82. The molecule has 0 aliphatic carbocycles. The second kappa shape index (κ2) is 6.79. The van der Waals surface area contributed by atoms with Crippen molar-refractivity contribution < 1.29 is 38.1 Å². The molecular weight excluding hydrogens is 539 g/mol. The second-order valence-corrected chi connectivity index (χ2v) is 8.59. The zero-order chi connectivity index (χ0) is 22.9. The van der Waals surface area contributed by atoms with Crippen LogP contribution in [0, 0.1) is 11.6 Å². The average Bonchev–Trinajstić information content (AvgIpc) is 3.03. The first-order valence-electron chi connectivity index (χ1n) is 9.18. The van der Waals surface area contributed by atoms with Gasteiger partial charge in [0.05, 0.1) is 16.7 Å². The first kappa shape index (κ1) is 20.5. The van der Waals surface area contributed by atoms with Crippen molar-refractivity contribution in [3.8, 4) is 23.0 Å².